The average Bonchev–Trinajstić information content (AvgIpc) is 2.87. The molecule has 0 fully saturated rings. The summed E-state index contributed by atoms with van der Waals surface area (Å²) in [4.78, 5) is 0. The summed E-state index contributed by atoms with van der Waals surface area (Å²) in [5.74, 6) is 0. The monoisotopic (exact) mass is 269 g/mol. The van der Waals surface area contributed by atoms with Crippen molar-refractivity contribution in [2.75, 3.05) is 13.2 Å². The van der Waals surface area contributed by atoms with Crippen molar-refractivity contribution in [1.29, 1.82) is 0 Å². The van der Waals surface area contributed by atoms with E-state index in [0.29, 0.717) is 13.5 Å². The molecule has 0 aromatic carbocycles. The van der Waals surface area contributed by atoms with Gasteiger partial charge in [0.1, 0.15) is 12.4 Å². The van der Waals surface area contributed by atoms with Gasteiger partial charge >= 0.3 is 0 Å². The van der Waals surface area contributed by atoms with Crippen LogP contribution in [0.1, 0.15) is 52.4 Å². The van der Waals surface area contributed by atoms with Crippen LogP contribution in [0.5, 0.6) is 0 Å². The maximum atomic E-state index is 5.63. The minimum absolute atomic E-state index is 0.628. The predicted molar refractivity (Wildman–Crippen MR) is 75.6 cm³/mol. The number of hydrogen-bond donors (Lipinski definition) is 0. The van der Waals surface area contributed by atoms with Crippen LogP contribution >= 0.6 is 0 Å². The molecule has 0 amide bonds. The molecule has 0 aliphatic rings. The summed E-state index contributed by atoms with van der Waals surface area (Å²) in [7, 11) is 0. The molecule has 0 radical (unpaired) electrons. The molecule has 0 aliphatic carbocycles. The van der Waals surface area contributed by atoms with Crippen molar-refractivity contribution in [3.05, 3.63) is 18.7 Å². The standard InChI is InChI=1S/C15H29N2O2/c1-3-5-7-8-12-19-15-17-10-9-16(13-17)14-18-11-6-4-2/h9-10,13H,3-8,11-12,14-15H2,1-2H3/q+1. The molecule has 110 valence electrons. The summed E-state index contributed by atoms with van der Waals surface area (Å²) >= 11 is 0. The van der Waals surface area contributed by atoms with Crippen molar-refractivity contribution in [2.24, 2.45) is 0 Å². The Balaban J connectivity index is 2.06. The first-order valence-corrected chi connectivity index (χ1v) is 7.57. The molecule has 0 spiro atoms. The lowest BCUT2D eigenvalue weighted by Gasteiger charge is -2.01. The molecule has 4 heteroatoms. The lowest BCUT2D eigenvalue weighted by atomic mass is 10.2. The average molecular weight is 269 g/mol. The summed E-state index contributed by atoms with van der Waals surface area (Å²) in [5.41, 5.74) is 0. The van der Waals surface area contributed by atoms with E-state index in [2.05, 4.69) is 13.8 Å². The fourth-order valence-electron chi connectivity index (χ4n) is 1.81. The van der Waals surface area contributed by atoms with Crippen molar-refractivity contribution in [2.45, 2.75) is 65.8 Å². The Morgan fingerprint density at radius 3 is 2.53 bits per heavy atom. The van der Waals surface area contributed by atoms with Crippen molar-refractivity contribution in [3.8, 4) is 0 Å². The lowest BCUT2D eigenvalue weighted by molar-refractivity contribution is -0.732. The highest BCUT2D eigenvalue weighted by Crippen LogP contribution is 1.98. The second kappa shape index (κ2) is 11.0. The van der Waals surface area contributed by atoms with E-state index in [1.54, 1.807) is 0 Å². The highest BCUT2D eigenvalue weighted by molar-refractivity contribution is 4.63. The molecule has 0 saturated heterocycles. The molecule has 0 saturated carbocycles. The topological polar surface area (TPSA) is 27.3 Å². The van der Waals surface area contributed by atoms with Crippen LogP contribution in [0.4, 0.5) is 0 Å². The number of hydrogen-bond acceptors (Lipinski definition) is 2. The Morgan fingerprint density at radius 1 is 0.947 bits per heavy atom. The van der Waals surface area contributed by atoms with Crippen LogP contribution in [0.25, 0.3) is 0 Å². The lowest BCUT2D eigenvalue weighted by Crippen LogP contribution is -2.32. The molecular formula is C15H29N2O2+. The smallest absolute Gasteiger partial charge is 0.247 e. The van der Waals surface area contributed by atoms with Gasteiger partial charge in [0, 0.05) is 0 Å². The number of unbranched alkanes of at least 4 members (excludes halogenated alkanes) is 4. The number of ether oxygens (including phenoxy) is 2. The Kier molecular flexibility index (Phi) is 9.37. The zero-order valence-electron chi connectivity index (χ0n) is 12.5. The van der Waals surface area contributed by atoms with Crippen LogP contribution < -0.4 is 4.57 Å². The molecule has 0 atom stereocenters. The molecule has 0 N–H and O–H groups in total. The third kappa shape index (κ3) is 8.01. The SMILES string of the molecule is CCCCCCOC[n+]1ccn(COCCCC)c1. The van der Waals surface area contributed by atoms with E-state index in [-0.39, 0.29) is 0 Å². The molecule has 0 unspecified atom stereocenters. The molecule has 0 aliphatic heterocycles. The molecule has 1 aromatic heterocycles. The Bertz CT molecular complexity index is 313. The molecule has 0 bridgehead atoms. The van der Waals surface area contributed by atoms with Crippen LogP contribution in [0, 0.1) is 0 Å². The van der Waals surface area contributed by atoms with Gasteiger partial charge in [-0.15, -0.1) is 0 Å². The van der Waals surface area contributed by atoms with Crippen LogP contribution in [0.2, 0.25) is 0 Å². The minimum Gasteiger partial charge on any atom is -0.342 e. The summed E-state index contributed by atoms with van der Waals surface area (Å²) in [6.07, 6.45) is 13.4. The van der Waals surface area contributed by atoms with Gasteiger partial charge in [0.2, 0.25) is 6.33 Å². The zero-order chi connectivity index (χ0) is 13.8. The molecule has 1 aromatic rings. The molecular weight excluding hydrogens is 240 g/mol. The summed E-state index contributed by atoms with van der Waals surface area (Å²) in [6.45, 7) is 7.35. The van der Waals surface area contributed by atoms with Crippen LogP contribution in [0.3, 0.4) is 0 Å². The van der Waals surface area contributed by atoms with Crippen LogP contribution in [-0.2, 0) is 22.9 Å². The summed E-state index contributed by atoms with van der Waals surface area (Å²) in [6, 6.07) is 0. The van der Waals surface area contributed by atoms with Gasteiger partial charge in [-0.2, -0.15) is 0 Å². The van der Waals surface area contributed by atoms with Crippen molar-refractivity contribution >= 4 is 0 Å². The van der Waals surface area contributed by atoms with Gasteiger partial charge in [-0.1, -0.05) is 39.5 Å². The first-order chi connectivity index (χ1) is 9.36. The normalized spacial score (nSPS) is 11.1. The highest BCUT2D eigenvalue weighted by Gasteiger charge is 2.03. The quantitative estimate of drug-likeness (QED) is 0.431. The second-order valence-electron chi connectivity index (χ2n) is 4.93. The first kappa shape index (κ1) is 16.2. The third-order valence-corrected chi connectivity index (χ3v) is 3.01. The fraction of sp³-hybridized carbons (Fsp3) is 0.800. The Morgan fingerprint density at radius 2 is 1.74 bits per heavy atom. The molecule has 19 heavy (non-hydrogen) atoms. The maximum Gasteiger partial charge on any atom is 0.247 e. The van der Waals surface area contributed by atoms with Gasteiger partial charge in [0.15, 0.2) is 13.5 Å². The molecule has 4 nitrogen and oxygen atoms in total. The van der Waals surface area contributed by atoms with Gasteiger partial charge in [0.05, 0.1) is 13.2 Å². The molecule has 1 heterocycles. The second-order valence-corrected chi connectivity index (χ2v) is 4.93. The number of aromatic nitrogens is 2. The summed E-state index contributed by atoms with van der Waals surface area (Å²) < 4.78 is 15.3. The van der Waals surface area contributed by atoms with E-state index in [9.17, 15) is 0 Å². The zero-order valence-corrected chi connectivity index (χ0v) is 12.5. The van der Waals surface area contributed by atoms with Gasteiger partial charge < -0.3 is 9.47 Å². The van der Waals surface area contributed by atoms with Gasteiger partial charge in [0.25, 0.3) is 0 Å². The van der Waals surface area contributed by atoms with Gasteiger partial charge in [-0.25, -0.2) is 9.13 Å². The Hall–Kier alpha value is -0.870. The van der Waals surface area contributed by atoms with E-state index >= 15 is 0 Å². The summed E-state index contributed by atoms with van der Waals surface area (Å²) in [5, 5.41) is 0. The number of nitrogens with zero attached hydrogens (tertiary/aromatic N) is 2. The van der Waals surface area contributed by atoms with Crippen molar-refractivity contribution < 1.29 is 14.0 Å². The van der Waals surface area contributed by atoms with Gasteiger partial charge in [-0.3, -0.25) is 0 Å². The van der Waals surface area contributed by atoms with Crippen LogP contribution in [0.15, 0.2) is 18.7 Å². The van der Waals surface area contributed by atoms with E-state index in [1.807, 2.05) is 27.9 Å². The van der Waals surface area contributed by atoms with Crippen LogP contribution in [-0.4, -0.2) is 17.8 Å². The van der Waals surface area contributed by atoms with Gasteiger partial charge in [-0.05, 0) is 12.8 Å². The predicted octanol–water partition coefficient (Wildman–Crippen LogP) is 3.10. The van der Waals surface area contributed by atoms with Crippen molar-refractivity contribution in [3.63, 3.8) is 0 Å². The largest absolute Gasteiger partial charge is 0.342 e. The fourth-order valence-corrected chi connectivity index (χ4v) is 1.81. The number of rotatable bonds is 12. The third-order valence-electron chi connectivity index (χ3n) is 3.01. The molecule has 1 rings (SSSR count). The van der Waals surface area contributed by atoms with E-state index in [0.717, 1.165) is 26.1 Å². The number of imidazole rings is 1. The Labute approximate surface area is 117 Å². The van der Waals surface area contributed by atoms with Crippen molar-refractivity contribution in [1.82, 2.24) is 4.57 Å². The highest BCUT2D eigenvalue weighted by atomic mass is 16.5. The first-order valence-electron chi connectivity index (χ1n) is 7.57. The maximum absolute atomic E-state index is 5.63. The van der Waals surface area contributed by atoms with E-state index < -0.39 is 0 Å². The van der Waals surface area contributed by atoms with E-state index in [4.69, 9.17) is 9.47 Å². The minimum atomic E-state index is 0.628. The van der Waals surface area contributed by atoms with E-state index in [1.165, 1.54) is 25.7 Å².